The third kappa shape index (κ3) is 3.13. The number of fused-ring (bicyclic) bond motifs is 2. The zero-order valence-electron chi connectivity index (χ0n) is 15.1. The van der Waals surface area contributed by atoms with E-state index in [9.17, 15) is 0 Å². The van der Waals surface area contributed by atoms with Crippen LogP contribution in [0.3, 0.4) is 0 Å². The summed E-state index contributed by atoms with van der Waals surface area (Å²) in [5, 5.41) is 0. The van der Waals surface area contributed by atoms with Gasteiger partial charge in [-0.15, -0.1) is 6.58 Å². The van der Waals surface area contributed by atoms with Crippen molar-refractivity contribution in [3.8, 4) is 0 Å². The van der Waals surface area contributed by atoms with E-state index in [1.807, 2.05) is 6.08 Å². The topological polar surface area (TPSA) is 0 Å². The van der Waals surface area contributed by atoms with Crippen molar-refractivity contribution in [2.24, 2.45) is 29.6 Å². The van der Waals surface area contributed by atoms with Gasteiger partial charge in [-0.05, 0) is 104 Å². The van der Waals surface area contributed by atoms with Gasteiger partial charge in [0, 0.05) is 0 Å². The fourth-order valence-electron chi connectivity index (χ4n) is 5.94. The van der Waals surface area contributed by atoms with Crippen molar-refractivity contribution in [3.63, 3.8) is 0 Å². The molecule has 5 atom stereocenters. The lowest BCUT2D eigenvalue weighted by molar-refractivity contribution is 0.0811. The summed E-state index contributed by atoms with van der Waals surface area (Å²) in [7, 11) is 0. The maximum absolute atomic E-state index is 4.04. The van der Waals surface area contributed by atoms with E-state index in [4.69, 9.17) is 0 Å². The maximum Gasteiger partial charge on any atom is -0.0233 e. The van der Waals surface area contributed by atoms with Crippen LogP contribution in [0.4, 0.5) is 0 Å². The number of aryl methyl sites for hydroxylation is 1. The number of rotatable bonds is 3. The Hall–Kier alpha value is -1.30. The van der Waals surface area contributed by atoms with Gasteiger partial charge in [0.05, 0.1) is 0 Å². The van der Waals surface area contributed by atoms with Crippen molar-refractivity contribution in [2.45, 2.75) is 57.8 Å². The molecule has 3 unspecified atom stereocenters. The SMILES string of the molecule is C=Cc1ccc2c(c1)CCC(C1CCC3C[C@H](C=C)CC[C@@H]3C1)C2. The molecule has 0 radical (unpaired) electrons. The summed E-state index contributed by atoms with van der Waals surface area (Å²) in [5.41, 5.74) is 4.49. The fourth-order valence-corrected chi connectivity index (χ4v) is 5.94. The summed E-state index contributed by atoms with van der Waals surface area (Å²) in [6, 6.07) is 6.99. The van der Waals surface area contributed by atoms with Gasteiger partial charge in [0.2, 0.25) is 0 Å². The molecule has 24 heavy (non-hydrogen) atoms. The molecule has 0 amide bonds. The average Bonchev–Trinajstić information content (AvgIpc) is 2.66. The second-order valence-corrected chi connectivity index (χ2v) is 8.64. The largest absolute Gasteiger partial charge is 0.103 e. The minimum Gasteiger partial charge on any atom is -0.103 e. The van der Waals surface area contributed by atoms with Crippen LogP contribution in [0.1, 0.15) is 61.6 Å². The normalized spacial score (nSPS) is 35.6. The Morgan fingerprint density at radius 2 is 1.54 bits per heavy atom. The monoisotopic (exact) mass is 320 g/mol. The van der Waals surface area contributed by atoms with Crippen molar-refractivity contribution in [1.82, 2.24) is 0 Å². The van der Waals surface area contributed by atoms with Gasteiger partial charge >= 0.3 is 0 Å². The fraction of sp³-hybridized carbons (Fsp3) is 0.583. The van der Waals surface area contributed by atoms with Crippen LogP contribution in [-0.4, -0.2) is 0 Å². The van der Waals surface area contributed by atoms with Gasteiger partial charge in [-0.3, -0.25) is 0 Å². The van der Waals surface area contributed by atoms with E-state index in [2.05, 4.69) is 37.4 Å². The first-order chi connectivity index (χ1) is 11.8. The third-order valence-electron chi connectivity index (χ3n) is 7.43. The Morgan fingerprint density at radius 1 is 0.792 bits per heavy atom. The Kier molecular flexibility index (Phi) is 4.66. The number of allylic oxidation sites excluding steroid dienone is 1. The summed E-state index contributed by atoms with van der Waals surface area (Å²) >= 11 is 0. The first-order valence-corrected chi connectivity index (χ1v) is 10.1. The highest BCUT2D eigenvalue weighted by molar-refractivity contribution is 5.50. The second-order valence-electron chi connectivity index (χ2n) is 8.64. The van der Waals surface area contributed by atoms with Crippen molar-refractivity contribution in [3.05, 3.63) is 54.1 Å². The van der Waals surface area contributed by atoms with Crippen LogP contribution >= 0.6 is 0 Å². The zero-order valence-corrected chi connectivity index (χ0v) is 15.1. The van der Waals surface area contributed by atoms with Crippen LogP contribution in [0.2, 0.25) is 0 Å². The van der Waals surface area contributed by atoms with Gasteiger partial charge < -0.3 is 0 Å². The molecule has 0 aliphatic heterocycles. The summed E-state index contributed by atoms with van der Waals surface area (Å²) in [4.78, 5) is 0. The van der Waals surface area contributed by atoms with E-state index in [-0.39, 0.29) is 0 Å². The molecule has 2 fully saturated rings. The Morgan fingerprint density at radius 3 is 2.33 bits per heavy atom. The molecule has 0 heteroatoms. The van der Waals surface area contributed by atoms with Crippen molar-refractivity contribution < 1.29 is 0 Å². The molecule has 0 heterocycles. The van der Waals surface area contributed by atoms with Crippen LogP contribution in [0.25, 0.3) is 6.08 Å². The molecular weight excluding hydrogens is 288 g/mol. The molecule has 0 aromatic heterocycles. The Bertz CT molecular complexity index is 610. The van der Waals surface area contributed by atoms with E-state index in [1.165, 1.54) is 63.4 Å². The van der Waals surface area contributed by atoms with Gasteiger partial charge in [-0.25, -0.2) is 0 Å². The van der Waals surface area contributed by atoms with E-state index in [0.717, 1.165) is 29.6 Å². The predicted octanol–water partition coefficient (Wildman–Crippen LogP) is 6.45. The molecule has 1 aromatic rings. The molecule has 0 nitrogen and oxygen atoms in total. The third-order valence-corrected chi connectivity index (χ3v) is 7.43. The smallest absolute Gasteiger partial charge is 0.0233 e. The van der Waals surface area contributed by atoms with Crippen LogP contribution in [0.15, 0.2) is 37.4 Å². The van der Waals surface area contributed by atoms with Crippen LogP contribution in [0.5, 0.6) is 0 Å². The number of benzene rings is 1. The molecule has 3 aliphatic carbocycles. The second kappa shape index (κ2) is 6.90. The van der Waals surface area contributed by atoms with Gasteiger partial charge in [-0.2, -0.15) is 0 Å². The highest BCUT2D eigenvalue weighted by Crippen LogP contribution is 2.48. The Labute approximate surface area is 148 Å². The van der Waals surface area contributed by atoms with E-state index in [0.29, 0.717) is 0 Å². The van der Waals surface area contributed by atoms with Crippen molar-refractivity contribution in [1.29, 1.82) is 0 Å². The van der Waals surface area contributed by atoms with Gasteiger partial charge in [0.1, 0.15) is 0 Å². The molecule has 0 N–H and O–H groups in total. The minimum atomic E-state index is 0.809. The van der Waals surface area contributed by atoms with E-state index in [1.54, 1.807) is 11.1 Å². The van der Waals surface area contributed by atoms with Crippen molar-refractivity contribution in [2.75, 3.05) is 0 Å². The summed E-state index contributed by atoms with van der Waals surface area (Å²) < 4.78 is 0. The molecular formula is C24H32. The lowest BCUT2D eigenvalue weighted by Crippen LogP contribution is -2.34. The molecule has 3 aliphatic rings. The number of hydrogen-bond acceptors (Lipinski definition) is 0. The van der Waals surface area contributed by atoms with Crippen LogP contribution < -0.4 is 0 Å². The standard InChI is InChI=1S/C24H32/c1-3-17-5-7-21-15-23(11-9-19(21)13-17)24-12-10-20-14-18(4-2)6-8-22(20)16-24/h3-5,7,13,18,20,22-24H,1-2,6,8-12,14-16H2/t18-,20?,22-,23?,24?/m1/s1. The van der Waals surface area contributed by atoms with Crippen molar-refractivity contribution >= 4 is 6.08 Å². The van der Waals surface area contributed by atoms with Gasteiger partial charge in [0.15, 0.2) is 0 Å². The summed E-state index contributed by atoms with van der Waals surface area (Å²) in [6.07, 6.45) is 17.0. The number of hydrogen-bond donors (Lipinski definition) is 0. The molecule has 4 rings (SSSR count). The molecule has 0 bridgehead atoms. The van der Waals surface area contributed by atoms with E-state index < -0.39 is 0 Å². The first kappa shape index (κ1) is 16.2. The summed E-state index contributed by atoms with van der Waals surface area (Å²) in [5.74, 6) is 4.75. The molecule has 0 spiro atoms. The van der Waals surface area contributed by atoms with Gasteiger partial charge in [-0.1, -0.05) is 36.9 Å². The Balaban J connectivity index is 1.41. The van der Waals surface area contributed by atoms with Crippen LogP contribution in [0, 0.1) is 29.6 Å². The lowest BCUT2D eigenvalue weighted by Gasteiger charge is -2.44. The minimum absolute atomic E-state index is 0.809. The maximum atomic E-state index is 4.04. The molecule has 0 saturated heterocycles. The molecule has 2 saturated carbocycles. The zero-order chi connectivity index (χ0) is 16.5. The summed E-state index contributed by atoms with van der Waals surface area (Å²) in [6.45, 7) is 7.95. The quantitative estimate of drug-likeness (QED) is 0.561. The highest BCUT2D eigenvalue weighted by Gasteiger charge is 2.38. The van der Waals surface area contributed by atoms with Crippen LogP contribution in [-0.2, 0) is 12.8 Å². The van der Waals surface area contributed by atoms with E-state index >= 15 is 0 Å². The first-order valence-electron chi connectivity index (χ1n) is 10.1. The lowest BCUT2D eigenvalue weighted by atomic mass is 9.61. The highest BCUT2D eigenvalue weighted by atomic mass is 14.4. The average molecular weight is 321 g/mol. The molecule has 1 aromatic carbocycles. The molecule has 128 valence electrons. The van der Waals surface area contributed by atoms with Gasteiger partial charge in [0.25, 0.3) is 0 Å². The predicted molar refractivity (Wildman–Crippen MR) is 104 cm³/mol.